The van der Waals surface area contributed by atoms with Crippen molar-refractivity contribution in [2.45, 2.75) is 17.0 Å². The van der Waals surface area contributed by atoms with Crippen LogP contribution in [0.25, 0.3) is 11.0 Å². The third kappa shape index (κ3) is 2.64. The van der Waals surface area contributed by atoms with Crippen LogP contribution in [-0.4, -0.2) is 16.3 Å². The van der Waals surface area contributed by atoms with E-state index in [2.05, 4.69) is 32.0 Å². The molecule has 1 heterocycles. The lowest BCUT2D eigenvalue weighted by molar-refractivity contribution is 0.112. The predicted octanol–water partition coefficient (Wildman–Crippen LogP) is 4.60. The third-order valence-electron chi connectivity index (χ3n) is 2.92. The van der Waals surface area contributed by atoms with Crippen LogP contribution < -0.4 is 0 Å². The maximum Gasteiger partial charge on any atom is 0.171 e. The van der Waals surface area contributed by atoms with Gasteiger partial charge in [0.25, 0.3) is 0 Å². The van der Waals surface area contributed by atoms with Crippen molar-refractivity contribution in [3.8, 4) is 0 Å². The lowest BCUT2D eigenvalue weighted by Gasteiger charge is -2.02. The van der Waals surface area contributed by atoms with Crippen molar-refractivity contribution >= 4 is 45.0 Å². The number of fused-ring (bicyclic) bond motifs is 1. The third-order valence-corrected chi connectivity index (χ3v) is 4.38. The number of aldehydes is 1. The highest BCUT2D eigenvalue weighted by molar-refractivity contribution is 9.10. The Hall–Kier alpha value is -1.59. The van der Waals surface area contributed by atoms with Gasteiger partial charge in [-0.25, -0.2) is 4.98 Å². The van der Waals surface area contributed by atoms with Gasteiger partial charge in [0.05, 0.1) is 11.0 Å². The van der Waals surface area contributed by atoms with Gasteiger partial charge < -0.3 is 4.98 Å². The van der Waals surface area contributed by atoms with Crippen LogP contribution in [0.2, 0.25) is 0 Å². The van der Waals surface area contributed by atoms with E-state index in [1.54, 1.807) is 6.07 Å². The molecule has 100 valence electrons. The van der Waals surface area contributed by atoms with Crippen molar-refractivity contribution in [1.29, 1.82) is 0 Å². The van der Waals surface area contributed by atoms with Gasteiger partial charge in [0.15, 0.2) is 11.4 Å². The van der Waals surface area contributed by atoms with Gasteiger partial charge in [-0.3, -0.25) is 4.79 Å². The first kappa shape index (κ1) is 13.4. The van der Waals surface area contributed by atoms with Gasteiger partial charge in [-0.15, -0.1) is 0 Å². The van der Waals surface area contributed by atoms with E-state index in [0.29, 0.717) is 5.56 Å². The summed E-state index contributed by atoms with van der Waals surface area (Å²) < 4.78 is 0.942. The first-order chi connectivity index (χ1) is 9.65. The monoisotopic (exact) mass is 346 g/mol. The van der Waals surface area contributed by atoms with Gasteiger partial charge in [0, 0.05) is 14.9 Å². The number of rotatable bonds is 3. The molecule has 0 unspecified atom stereocenters. The Bertz CT molecular complexity index is 798. The molecule has 20 heavy (non-hydrogen) atoms. The molecule has 0 aliphatic carbocycles. The number of halogens is 1. The molecule has 2 aromatic carbocycles. The van der Waals surface area contributed by atoms with Crippen molar-refractivity contribution in [2.75, 3.05) is 0 Å². The van der Waals surface area contributed by atoms with Crippen molar-refractivity contribution in [3.05, 3.63) is 52.0 Å². The number of carbonyl (C=O) groups excluding carboxylic acids is 1. The summed E-state index contributed by atoms with van der Waals surface area (Å²) in [5.41, 5.74) is 3.79. The zero-order valence-electron chi connectivity index (χ0n) is 10.7. The fourth-order valence-electron chi connectivity index (χ4n) is 1.95. The van der Waals surface area contributed by atoms with E-state index in [-0.39, 0.29) is 0 Å². The van der Waals surface area contributed by atoms with Gasteiger partial charge in [0.2, 0.25) is 0 Å². The molecular weight excluding hydrogens is 336 g/mol. The molecule has 0 saturated heterocycles. The van der Waals surface area contributed by atoms with Crippen LogP contribution in [0.1, 0.15) is 15.9 Å². The SMILES string of the molecule is Cc1ccc2nc(Sc3cc(Br)ccc3C=O)[nH]c2c1. The second kappa shape index (κ2) is 5.42. The van der Waals surface area contributed by atoms with Crippen LogP contribution in [0.15, 0.2) is 50.9 Å². The average Bonchev–Trinajstić information content (AvgIpc) is 2.80. The number of nitrogens with one attached hydrogen (secondary N) is 1. The summed E-state index contributed by atoms with van der Waals surface area (Å²) >= 11 is 4.88. The predicted molar refractivity (Wildman–Crippen MR) is 84.5 cm³/mol. The minimum atomic E-state index is 0.662. The van der Waals surface area contributed by atoms with E-state index in [9.17, 15) is 4.79 Å². The molecule has 3 nitrogen and oxygen atoms in total. The number of aryl methyl sites for hydroxylation is 1. The molecule has 0 saturated carbocycles. The maximum atomic E-state index is 11.1. The summed E-state index contributed by atoms with van der Waals surface area (Å²) in [6.07, 6.45) is 0.863. The molecule has 5 heteroatoms. The van der Waals surface area contributed by atoms with E-state index in [1.165, 1.54) is 17.3 Å². The lowest BCUT2D eigenvalue weighted by atomic mass is 10.2. The molecule has 0 atom stereocenters. The van der Waals surface area contributed by atoms with Gasteiger partial charge in [-0.1, -0.05) is 33.8 Å². The summed E-state index contributed by atoms with van der Waals surface area (Å²) in [5, 5.41) is 0.784. The highest BCUT2D eigenvalue weighted by atomic mass is 79.9. The fourth-order valence-corrected chi connectivity index (χ4v) is 3.39. The molecule has 0 aliphatic heterocycles. The largest absolute Gasteiger partial charge is 0.333 e. The lowest BCUT2D eigenvalue weighted by Crippen LogP contribution is -1.85. The fraction of sp³-hybridized carbons (Fsp3) is 0.0667. The number of imidazole rings is 1. The molecule has 1 N–H and O–H groups in total. The quantitative estimate of drug-likeness (QED) is 0.705. The number of benzene rings is 2. The first-order valence-corrected chi connectivity index (χ1v) is 7.65. The van der Waals surface area contributed by atoms with Gasteiger partial charge >= 0.3 is 0 Å². The average molecular weight is 347 g/mol. The topological polar surface area (TPSA) is 45.8 Å². The molecule has 0 spiro atoms. The molecule has 0 radical (unpaired) electrons. The zero-order valence-corrected chi connectivity index (χ0v) is 13.1. The van der Waals surface area contributed by atoms with Crippen molar-refractivity contribution in [1.82, 2.24) is 9.97 Å². The minimum absolute atomic E-state index is 0.662. The Morgan fingerprint density at radius 3 is 2.90 bits per heavy atom. The molecule has 0 fully saturated rings. The summed E-state index contributed by atoms with van der Waals surface area (Å²) in [6, 6.07) is 11.7. The molecule has 3 aromatic rings. The normalized spacial score (nSPS) is 10.9. The van der Waals surface area contributed by atoms with Crippen LogP contribution in [0.5, 0.6) is 0 Å². The van der Waals surface area contributed by atoms with Crippen molar-refractivity contribution in [2.24, 2.45) is 0 Å². The minimum Gasteiger partial charge on any atom is -0.333 e. The molecule has 0 amide bonds. The summed E-state index contributed by atoms with van der Waals surface area (Å²) in [7, 11) is 0. The number of aromatic amines is 1. The van der Waals surface area contributed by atoms with E-state index in [0.717, 1.165) is 31.8 Å². The zero-order chi connectivity index (χ0) is 14.1. The number of hydrogen-bond donors (Lipinski definition) is 1. The molecule has 0 aliphatic rings. The molecular formula is C15H11BrN2OS. The van der Waals surface area contributed by atoms with Crippen LogP contribution in [0.3, 0.4) is 0 Å². The first-order valence-electron chi connectivity index (χ1n) is 6.04. The van der Waals surface area contributed by atoms with Crippen LogP contribution in [-0.2, 0) is 0 Å². The maximum absolute atomic E-state index is 11.1. The van der Waals surface area contributed by atoms with E-state index in [1.807, 2.05) is 31.2 Å². The van der Waals surface area contributed by atoms with Gasteiger partial charge in [-0.05, 0) is 42.8 Å². The highest BCUT2D eigenvalue weighted by Crippen LogP contribution is 2.31. The summed E-state index contributed by atoms with van der Waals surface area (Å²) in [4.78, 5) is 19.8. The molecule has 1 aromatic heterocycles. The number of hydrogen-bond acceptors (Lipinski definition) is 3. The number of aromatic nitrogens is 2. The smallest absolute Gasteiger partial charge is 0.171 e. The Balaban J connectivity index is 2.00. The second-order valence-electron chi connectivity index (χ2n) is 4.46. The summed E-state index contributed by atoms with van der Waals surface area (Å²) in [5.74, 6) is 0. The van der Waals surface area contributed by atoms with Gasteiger partial charge in [-0.2, -0.15) is 0 Å². The molecule has 0 bridgehead atoms. The summed E-state index contributed by atoms with van der Waals surface area (Å²) in [6.45, 7) is 2.05. The highest BCUT2D eigenvalue weighted by Gasteiger charge is 2.09. The Morgan fingerprint density at radius 2 is 2.10 bits per heavy atom. The Kier molecular flexibility index (Phi) is 3.63. The second-order valence-corrected chi connectivity index (χ2v) is 6.41. The standard InChI is InChI=1S/C15H11BrN2OS/c1-9-2-5-12-13(6-9)18-15(17-12)20-14-7-11(16)4-3-10(14)8-19/h2-8H,1H3,(H,17,18). The number of nitrogens with zero attached hydrogens (tertiary/aromatic N) is 1. The van der Waals surface area contributed by atoms with Crippen molar-refractivity contribution < 1.29 is 4.79 Å². The Labute approximate surface area is 128 Å². The van der Waals surface area contributed by atoms with E-state index in [4.69, 9.17) is 0 Å². The van der Waals surface area contributed by atoms with E-state index < -0.39 is 0 Å². The van der Waals surface area contributed by atoms with Crippen LogP contribution in [0, 0.1) is 6.92 Å². The van der Waals surface area contributed by atoms with E-state index >= 15 is 0 Å². The van der Waals surface area contributed by atoms with Crippen LogP contribution in [0.4, 0.5) is 0 Å². The Morgan fingerprint density at radius 1 is 1.25 bits per heavy atom. The van der Waals surface area contributed by atoms with Crippen molar-refractivity contribution in [3.63, 3.8) is 0 Å². The van der Waals surface area contributed by atoms with Gasteiger partial charge in [0.1, 0.15) is 0 Å². The van der Waals surface area contributed by atoms with Crippen LogP contribution >= 0.6 is 27.7 Å². The molecule has 3 rings (SSSR count). The number of H-pyrrole nitrogens is 1. The number of carbonyl (C=O) groups is 1.